The summed E-state index contributed by atoms with van der Waals surface area (Å²) in [7, 11) is 0. The van der Waals surface area contributed by atoms with Crippen LogP contribution < -0.4 is 5.56 Å². The number of H-pyrrole nitrogens is 1. The van der Waals surface area contributed by atoms with Crippen molar-refractivity contribution in [2.24, 2.45) is 0 Å². The Balaban J connectivity index is 1.57. The van der Waals surface area contributed by atoms with Crippen LogP contribution in [-0.4, -0.2) is 64.6 Å². The Morgan fingerprint density at radius 1 is 1.20 bits per heavy atom. The fraction of sp³-hybridized carbons (Fsp3) is 0.400. The first-order valence-corrected chi connectivity index (χ1v) is 11.0. The highest BCUT2D eigenvalue weighted by molar-refractivity contribution is 7.98. The minimum atomic E-state index is -0.359. The zero-order valence-electron chi connectivity index (χ0n) is 16.6. The monoisotopic (exact) mass is 450 g/mol. The first kappa shape index (κ1) is 22.2. The van der Waals surface area contributed by atoms with Crippen LogP contribution in [0.3, 0.4) is 0 Å². The Bertz CT molecular complexity index is 960. The maximum atomic E-state index is 12.6. The highest BCUT2D eigenvalue weighted by atomic mass is 35.5. The van der Waals surface area contributed by atoms with Crippen LogP contribution in [0.5, 0.6) is 0 Å². The summed E-state index contributed by atoms with van der Waals surface area (Å²) in [5.74, 6) is 0.471. The highest BCUT2D eigenvalue weighted by Crippen LogP contribution is 2.21. The summed E-state index contributed by atoms with van der Waals surface area (Å²) < 4.78 is 4.99. The van der Waals surface area contributed by atoms with Gasteiger partial charge in [0.1, 0.15) is 0 Å². The van der Waals surface area contributed by atoms with Crippen LogP contribution in [0.4, 0.5) is 4.79 Å². The summed E-state index contributed by atoms with van der Waals surface area (Å²) in [6.45, 7) is 3.79. The van der Waals surface area contributed by atoms with Crippen molar-refractivity contribution in [3.8, 4) is 0 Å². The summed E-state index contributed by atoms with van der Waals surface area (Å²) in [6, 6.07) is 8.81. The van der Waals surface area contributed by atoms with Gasteiger partial charge in [-0.05, 0) is 24.6 Å². The van der Waals surface area contributed by atoms with Crippen molar-refractivity contribution in [2.45, 2.75) is 24.3 Å². The summed E-state index contributed by atoms with van der Waals surface area (Å²) >= 11 is 7.37. The number of piperazine rings is 1. The first-order valence-electron chi connectivity index (χ1n) is 9.61. The molecule has 0 saturated carbocycles. The zero-order chi connectivity index (χ0) is 21.5. The number of ether oxygens (including phenoxy) is 1. The van der Waals surface area contributed by atoms with Gasteiger partial charge in [-0.1, -0.05) is 35.5 Å². The number of rotatable bonds is 6. The SMILES string of the molecule is CCOC(=O)N1CCN(C(=O)Cc2cc(=O)[nH]c(SCc3cccc(Cl)c3)n2)CC1. The van der Waals surface area contributed by atoms with Gasteiger partial charge < -0.3 is 19.5 Å². The molecule has 0 unspecified atom stereocenters. The number of nitrogens with one attached hydrogen (secondary N) is 1. The van der Waals surface area contributed by atoms with Gasteiger partial charge in [-0.2, -0.15) is 0 Å². The van der Waals surface area contributed by atoms with Gasteiger partial charge in [0.15, 0.2) is 5.16 Å². The van der Waals surface area contributed by atoms with Crippen LogP contribution in [0.25, 0.3) is 0 Å². The van der Waals surface area contributed by atoms with E-state index in [0.717, 1.165) is 5.56 Å². The van der Waals surface area contributed by atoms with Crippen molar-refractivity contribution in [1.29, 1.82) is 0 Å². The molecule has 1 aromatic heterocycles. The van der Waals surface area contributed by atoms with Gasteiger partial charge in [0.25, 0.3) is 5.56 Å². The van der Waals surface area contributed by atoms with Crippen LogP contribution in [0.1, 0.15) is 18.2 Å². The van der Waals surface area contributed by atoms with Gasteiger partial charge in [0.2, 0.25) is 5.91 Å². The predicted molar refractivity (Wildman–Crippen MR) is 115 cm³/mol. The standard InChI is InChI=1S/C20H23ClN4O4S/c1-2-29-20(28)25-8-6-24(7-9-25)18(27)12-16-11-17(26)23-19(22-16)30-13-14-4-3-5-15(21)10-14/h3-5,10-11H,2,6-9,12-13H2,1H3,(H,22,23,26). The quantitative estimate of drug-likeness (QED) is 0.536. The van der Waals surface area contributed by atoms with E-state index in [9.17, 15) is 14.4 Å². The maximum Gasteiger partial charge on any atom is 0.409 e. The van der Waals surface area contributed by atoms with Crippen LogP contribution >= 0.6 is 23.4 Å². The molecule has 2 heterocycles. The Hall–Kier alpha value is -2.52. The minimum absolute atomic E-state index is 0.0358. The largest absolute Gasteiger partial charge is 0.450 e. The molecular formula is C20H23ClN4O4S. The number of aromatic nitrogens is 2. The number of carbonyl (C=O) groups excluding carboxylic acids is 2. The number of amides is 2. The molecular weight excluding hydrogens is 428 g/mol. The van der Waals surface area contributed by atoms with E-state index in [4.69, 9.17) is 16.3 Å². The number of thioether (sulfide) groups is 1. The van der Waals surface area contributed by atoms with Gasteiger partial charge in [-0.3, -0.25) is 9.59 Å². The molecule has 10 heteroatoms. The molecule has 160 valence electrons. The van der Waals surface area contributed by atoms with E-state index in [2.05, 4.69) is 9.97 Å². The number of carbonyl (C=O) groups is 2. The summed E-state index contributed by atoms with van der Waals surface area (Å²) in [6.07, 6.45) is -0.323. The average Bonchev–Trinajstić information content (AvgIpc) is 2.72. The average molecular weight is 451 g/mol. The first-order chi connectivity index (χ1) is 14.4. The molecule has 0 bridgehead atoms. The summed E-state index contributed by atoms with van der Waals surface area (Å²) in [5.41, 5.74) is 1.13. The maximum absolute atomic E-state index is 12.6. The molecule has 2 aromatic rings. The highest BCUT2D eigenvalue weighted by Gasteiger charge is 2.25. The van der Waals surface area contributed by atoms with E-state index < -0.39 is 0 Å². The van der Waals surface area contributed by atoms with Gasteiger partial charge >= 0.3 is 6.09 Å². The van der Waals surface area contributed by atoms with Crippen molar-refractivity contribution in [3.05, 3.63) is 57.0 Å². The van der Waals surface area contributed by atoms with Crippen molar-refractivity contribution < 1.29 is 14.3 Å². The van der Waals surface area contributed by atoms with Gasteiger partial charge in [0.05, 0.1) is 18.7 Å². The lowest BCUT2D eigenvalue weighted by molar-refractivity contribution is -0.132. The third-order valence-electron chi connectivity index (χ3n) is 4.53. The van der Waals surface area contributed by atoms with Crippen LogP contribution in [0.15, 0.2) is 40.3 Å². The van der Waals surface area contributed by atoms with Crippen LogP contribution in [0, 0.1) is 0 Å². The number of halogens is 1. The fourth-order valence-corrected chi connectivity index (χ4v) is 4.09. The van der Waals surface area contributed by atoms with E-state index in [1.165, 1.54) is 17.8 Å². The molecule has 3 rings (SSSR count). The third kappa shape index (κ3) is 6.24. The van der Waals surface area contributed by atoms with Gasteiger partial charge in [0, 0.05) is 43.0 Å². The predicted octanol–water partition coefficient (Wildman–Crippen LogP) is 2.56. The Morgan fingerprint density at radius 2 is 1.93 bits per heavy atom. The molecule has 30 heavy (non-hydrogen) atoms. The molecule has 0 atom stereocenters. The molecule has 0 radical (unpaired) electrons. The van der Waals surface area contributed by atoms with Crippen molar-refractivity contribution >= 4 is 35.4 Å². The van der Waals surface area contributed by atoms with E-state index in [1.54, 1.807) is 22.8 Å². The molecule has 8 nitrogen and oxygen atoms in total. The van der Waals surface area contributed by atoms with Crippen molar-refractivity contribution in [1.82, 2.24) is 19.8 Å². The molecule has 0 aliphatic carbocycles. The Labute approximate surface area is 183 Å². The molecule has 1 aromatic carbocycles. The molecule has 1 N–H and O–H groups in total. The third-order valence-corrected chi connectivity index (χ3v) is 5.71. The second-order valence-electron chi connectivity index (χ2n) is 6.70. The minimum Gasteiger partial charge on any atom is -0.450 e. The summed E-state index contributed by atoms with van der Waals surface area (Å²) in [4.78, 5) is 46.8. The van der Waals surface area contributed by atoms with Crippen molar-refractivity contribution in [2.75, 3.05) is 32.8 Å². The van der Waals surface area contributed by atoms with E-state index in [0.29, 0.717) is 54.4 Å². The lowest BCUT2D eigenvalue weighted by Crippen LogP contribution is -2.51. The van der Waals surface area contributed by atoms with E-state index in [-0.39, 0.29) is 24.0 Å². The van der Waals surface area contributed by atoms with Crippen LogP contribution in [-0.2, 0) is 21.7 Å². The van der Waals surface area contributed by atoms with Crippen LogP contribution in [0.2, 0.25) is 5.02 Å². The molecule has 1 saturated heterocycles. The normalized spacial score (nSPS) is 13.9. The molecule has 2 amide bonds. The lowest BCUT2D eigenvalue weighted by atomic mass is 10.2. The van der Waals surface area contributed by atoms with E-state index >= 15 is 0 Å². The fourth-order valence-electron chi connectivity index (χ4n) is 3.04. The number of aromatic amines is 1. The Morgan fingerprint density at radius 3 is 2.63 bits per heavy atom. The number of hydrogen-bond acceptors (Lipinski definition) is 6. The molecule has 0 spiro atoms. The Kier molecular flexibility index (Phi) is 7.75. The molecule has 1 aliphatic heterocycles. The number of hydrogen-bond donors (Lipinski definition) is 1. The second-order valence-corrected chi connectivity index (χ2v) is 8.10. The number of benzene rings is 1. The molecule has 1 aliphatic rings. The smallest absolute Gasteiger partial charge is 0.409 e. The van der Waals surface area contributed by atoms with Gasteiger partial charge in [-0.15, -0.1) is 0 Å². The molecule has 1 fully saturated rings. The van der Waals surface area contributed by atoms with Crippen molar-refractivity contribution in [3.63, 3.8) is 0 Å². The summed E-state index contributed by atoms with van der Waals surface area (Å²) in [5, 5.41) is 1.11. The van der Waals surface area contributed by atoms with E-state index in [1.807, 2.05) is 18.2 Å². The van der Waals surface area contributed by atoms with Gasteiger partial charge in [-0.25, -0.2) is 9.78 Å². The zero-order valence-corrected chi connectivity index (χ0v) is 18.2. The number of nitrogens with zero attached hydrogens (tertiary/aromatic N) is 3. The lowest BCUT2D eigenvalue weighted by Gasteiger charge is -2.34. The topological polar surface area (TPSA) is 95.6 Å². The second kappa shape index (κ2) is 10.5.